The highest BCUT2D eigenvalue weighted by molar-refractivity contribution is 6.51. The molecule has 0 radical (unpaired) electrons. The largest absolute Gasteiger partial charge is 0.465 e. The molecule has 0 amide bonds. The Balaban J connectivity index is 1.41. The predicted octanol–water partition coefficient (Wildman–Crippen LogP) is 7.50. The van der Waals surface area contributed by atoms with Crippen LogP contribution in [0.4, 0.5) is 22.9 Å². The number of ether oxygens (including phenoxy) is 1. The smallest absolute Gasteiger partial charge is 0.337 e. The number of hydrogen-bond acceptors (Lipinski definition) is 8. The summed E-state index contributed by atoms with van der Waals surface area (Å²) in [7, 11) is 1.39. The first-order valence-electron chi connectivity index (χ1n) is 15.2. The van der Waals surface area contributed by atoms with Crippen molar-refractivity contribution in [3.05, 3.63) is 125 Å². The fourth-order valence-corrected chi connectivity index (χ4v) is 5.94. The molecule has 1 atom stereocenters. The van der Waals surface area contributed by atoms with Gasteiger partial charge < -0.3 is 15.0 Å². The third kappa shape index (κ3) is 5.16. The Morgan fingerprint density at radius 1 is 0.933 bits per heavy atom. The molecular formula is C36H33N7O2. The SMILES string of the molecule is CCCCc1ccc(NC2=Nc3ccccc3N3C2=Nc2c(c(C)nn2-c2ccccn2)C3c2ccc(C(=O)OC)cc2)cc1. The molecule has 0 spiro atoms. The van der Waals surface area contributed by atoms with Crippen LogP contribution in [0.1, 0.15) is 58.5 Å². The highest BCUT2D eigenvalue weighted by atomic mass is 16.5. The Hall–Kier alpha value is -5.57. The normalized spacial score (nSPS) is 14.9. The summed E-state index contributed by atoms with van der Waals surface area (Å²) in [6, 6.07) is 29.6. The molecule has 4 heterocycles. The number of unbranched alkanes of at least 4 members (excludes halogenated alkanes) is 1. The third-order valence-corrected chi connectivity index (χ3v) is 8.19. The molecule has 2 aliphatic rings. The van der Waals surface area contributed by atoms with Crippen molar-refractivity contribution in [3.63, 3.8) is 0 Å². The Labute approximate surface area is 261 Å². The van der Waals surface area contributed by atoms with Gasteiger partial charge in [-0.1, -0.05) is 55.8 Å². The number of hydrogen-bond donors (Lipinski definition) is 1. The van der Waals surface area contributed by atoms with Gasteiger partial charge in [0.2, 0.25) is 0 Å². The maximum Gasteiger partial charge on any atom is 0.337 e. The Bertz CT molecular complexity index is 1930. The summed E-state index contributed by atoms with van der Waals surface area (Å²) >= 11 is 0. The zero-order chi connectivity index (χ0) is 30.9. The summed E-state index contributed by atoms with van der Waals surface area (Å²) in [4.78, 5) is 29.5. The van der Waals surface area contributed by atoms with E-state index >= 15 is 0 Å². The first-order valence-corrected chi connectivity index (χ1v) is 15.2. The highest BCUT2D eigenvalue weighted by Gasteiger charge is 2.41. The van der Waals surface area contributed by atoms with Gasteiger partial charge >= 0.3 is 5.97 Å². The second kappa shape index (κ2) is 11.8. The summed E-state index contributed by atoms with van der Waals surface area (Å²) in [5.74, 6) is 2.27. The van der Waals surface area contributed by atoms with Crippen LogP contribution in [0.5, 0.6) is 0 Å². The van der Waals surface area contributed by atoms with E-state index in [1.165, 1.54) is 12.7 Å². The second-order valence-corrected chi connectivity index (χ2v) is 11.1. The number of carbonyl (C=O) groups is 1. The van der Waals surface area contributed by atoms with Crippen molar-refractivity contribution in [1.29, 1.82) is 0 Å². The lowest BCUT2D eigenvalue weighted by atomic mass is 9.92. The van der Waals surface area contributed by atoms with Crippen LogP contribution in [-0.2, 0) is 11.2 Å². The number of aromatic nitrogens is 3. The van der Waals surface area contributed by atoms with Crippen LogP contribution >= 0.6 is 0 Å². The summed E-state index contributed by atoms with van der Waals surface area (Å²) in [5, 5.41) is 8.52. The molecular weight excluding hydrogens is 562 g/mol. The number of nitrogens with zero attached hydrogens (tertiary/aromatic N) is 6. The van der Waals surface area contributed by atoms with Crippen LogP contribution in [0.15, 0.2) is 107 Å². The van der Waals surface area contributed by atoms with Crippen molar-refractivity contribution < 1.29 is 9.53 Å². The minimum absolute atomic E-state index is 0.318. The standard InChI is InChI=1S/C36H33N7O2/c1-4-5-10-24-14-20-27(21-15-24)38-33-35-40-34-31(23(2)41-43(34)30-13-8-9-22-37-30)32(25-16-18-26(19-17-25)36(44)45-3)42(35)29-12-7-6-11-28(29)39-33/h6-9,11-22,32H,4-5,10H2,1-3H3,(H,38,39). The van der Waals surface area contributed by atoms with E-state index in [0.717, 1.165) is 53.1 Å². The molecule has 2 aliphatic heterocycles. The van der Waals surface area contributed by atoms with Crippen LogP contribution in [0.25, 0.3) is 5.82 Å². The van der Waals surface area contributed by atoms with Gasteiger partial charge in [0, 0.05) is 17.4 Å². The van der Waals surface area contributed by atoms with E-state index < -0.39 is 0 Å². The molecule has 0 saturated heterocycles. The van der Waals surface area contributed by atoms with Gasteiger partial charge in [0.25, 0.3) is 0 Å². The molecule has 0 bridgehead atoms. The van der Waals surface area contributed by atoms with Gasteiger partial charge in [-0.2, -0.15) is 9.78 Å². The minimum Gasteiger partial charge on any atom is -0.465 e. The van der Waals surface area contributed by atoms with E-state index in [4.69, 9.17) is 19.8 Å². The minimum atomic E-state index is -0.380. The Kier molecular flexibility index (Phi) is 7.42. The number of amidine groups is 2. The van der Waals surface area contributed by atoms with Crippen LogP contribution in [0.3, 0.4) is 0 Å². The van der Waals surface area contributed by atoms with Gasteiger partial charge in [-0.3, -0.25) is 0 Å². The molecule has 0 saturated carbocycles. The van der Waals surface area contributed by atoms with Gasteiger partial charge in [-0.15, -0.1) is 0 Å². The third-order valence-electron chi connectivity index (χ3n) is 8.19. The first-order chi connectivity index (χ1) is 22.1. The average molecular weight is 596 g/mol. The number of fused-ring (bicyclic) bond motifs is 4. The molecule has 9 heteroatoms. The van der Waals surface area contributed by atoms with Crippen LogP contribution in [-0.4, -0.2) is 39.5 Å². The van der Waals surface area contributed by atoms with Gasteiger partial charge in [-0.05, 0) is 79.4 Å². The molecule has 224 valence electrons. The van der Waals surface area contributed by atoms with Crippen LogP contribution in [0.2, 0.25) is 0 Å². The lowest BCUT2D eigenvalue weighted by Crippen LogP contribution is -2.46. The molecule has 1 N–H and O–H groups in total. The first kappa shape index (κ1) is 28.2. The number of anilines is 2. The molecule has 2 aromatic heterocycles. The number of esters is 1. The van der Waals surface area contributed by atoms with Crippen molar-refractivity contribution in [2.75, 3.05) is 17.3 Å². The number of benzene rings is 3. The van der Waals surface area contributed by atoms with Crippen molar-refractivity contribution in [2.45, 2.75) is 39.2 Å². The monoisotopic (exact) mass is 595 g/mol. The molecule has 9 nitrogen and oxygen atoms in total. The number of carbonyl (C=O) groups excluding carboxylic acids is 1. The zero-order valence-corrected chi connectivity index (χ0v) is 25.4. The Morgan fingerprint density at radius 3 is 2.44 bits per heavy atom. The number of rotatable bonds is 7. The molecule has 7 rings (SSSR count). The van der Waals surface area contributed by atoms with E-state index in [-0.39, 0.29) is 12.0 Å². The summed E-state index contributed by atoms with van der Waals surface area (Å²) in [6.45, 7) is 4.21. The lowest BCUT2D eigenvalue weighted by molar-refractivity contribution is 0.0600. The second-order valence-electron chi connectivity index (χ2n) is 11.1. The zero-order valence-electron chi connectivity index (χ0n) is 25.4. The van der Waals surface area contributed by atoms with Crippen molar-refractivity contribution >= 4 is 40.5 Å². The average Bonchev–Trinajstić information content (AvgIpc) is 3.43. The van der Waals surface area contributed by atoms with Gasteiger partial charge in [0.05, 0.1) is 35.8 Å². The number of aliphatic imine (C=N–C) groups is 2. The van der Waals surface area contributed by atoms with Gasteiger partial charge in [0.15, 0.2) is 23.3 Å². The topological polar surface area (TPSA) is 97.0 Å². The molecule has 0 fully saturated rings. The van der Waals surface area contributed by atoms with Crippen molar-refractivity contribution in [2.24, 2.45) is 9.98 Å². The van der Waals surface area contributed by atoms with E-state index in [2.05, 4.69) is 52.5 Å². The fourth-order valence-electron chi connectivity index (χ4n) is 5.94. The molecule has 0 aliphatic carbocycles. The maximum absolute atomic E-state index is 12.3. The number of methoxy groups -OCH3 is 1. The molecule has 3 aromatic carbocycles. The van der Waals surface area contributed by atoms with E-state index in [0.29, 0.717) is 28.9 Å². The predicted molar refractivity (Wildman–Crippen MR) is 178 cm³/mol. The molecule has 45 heavy (non-hydrogen) atoms. The number of para-hydroxylation sites is 2. The Morgan fingerprint density at radius 2 is 1.71 bits per heavy atom. The summed E-state index contributed by atoms with van der Waals surface area (Å²) in [5.41, 5.74) is 7.22. The van der Waals surface area contributed by atoms with E-state index in [1.807, 2.05) is 55.5 Å². The number of nitrogens with one attached hydrogen (secondary N) is 1. The number of aryl methyl sites for hydroxylation is 2. The van der Waals surface area contributed by atoms with Crippen LogP contribution in [0, 0.1) is 6.92 Å². The fraction of sp³-hybridized carbons (Fsp3) is 0.194. The highest BCUT2D eigenvalue weighted by Crippen LogP contribution is 2.48. The lowest BCUT2D eigenvalue weighted by Gasteiger charge is -2.40. The molecule has 1 unspecified atom stereocenters. The quantitative estimate of drug-likeness (QED) is 0.196. The van der Waals surface area contributed by atoms with Crippen molar-refractivity contribution in [3.8, 4) is 5.82 Å². The van der Waals surface area contributed by atoms with E-state index in [9.17, 15) is 4.79 Å². The van der Waals surface area contributed by atoms with Gasteiger partial charge in [-0.25, -0.2) is 19.8 Å². The summed E-state index contributed by atoms with van der Waals surface area (Å²) in [6.07, 6.45) is 5.13. The summed E-state index contributed by atoms with van der Waals surface area (Å²) < 4.78 is 6.76. The maximum atomic E-state index is 12.3. The molecule has 5 aromatic rings. The van der Waals surface area contributed by atoms with Crippen LogP contribution < -0.4 is 10.2 Å². The van der Waals surface area contributed by atoms with Crippen molar-refractivity contribution in [1.82, 2.24) is 14.8 Å². The van der Waals surface area contributed by atoms with Gasteiger partial charge in [0.1, 0.15) is 0 Å². The van der Waals surface area contributed by atoms with E-state index in [1.54, 1.807) is 23.0 Å². The number of pyridine rings is 1.